The second-order valence-electron chi connectivity index (χ2n) is 3.83. The molecule has 0 amide bonds. The summed E-state index contributed by atoms with van der Waals surface area (Å²) in [6.07, 6.45) is 27.3. The highest BCUT2D eigenvalue weighted by atomic mass is 13.8. The minimum Gasteiger partial charge on any atom is -0.0888 e. The first kappa shape index (κ1) is 15.7. The van der Waals surface area contributed by atoms with Crippen LogP contribution in [0.5, 0.6) is 0 Å². The van der Waals surface area contributed by atoms with Gasteiger partial charge in [0.15, 0.2) is 0 Å². The van der Waals surface area contributed by atoms with Gasteiger partial charge in [-0.25, -0.2) is 0 Å². The van der Waals surface area contributed by atoms with Crippen LogP contribution in [0.2, 0.25) is 0 Å². The van der Waals surface area contributed by atoms with Crippen LogP contribution in [0.25, 0.3) is 0 Å². The number of hydrogen-bond acceptors (Lipinski definition) is 0. The molecule has 0 aliphatic rings. The van der Waals surface area contributed by atoms with Crippen LogP contribution < -0.4 is 0 Å². The Morgan fingerprint density at radius 2 is 1.24 bits per heavy atom. The third-order valence-electron chi connectivity index (χ3n) is 2.22. The summed E-state index contributed by atoms with van der Waals surface area (Å²) in [7, 11) is 0. The van der Waals surface area contributed by atoms with Gasteiger partial charge in [0.05, 0.1) is 0 Å². The van der Waals surface area contributed by atoms with E-state index in [1.807, 2.05) is 13.0 Å². The molecule has 0 aliphatic heterocycles. The van der Waals surface area contributed by atoms with Crippen molar-refractivity contribution in [1.29, 1.82) is 0 Å². The van der Waals surface area contributed by atoms with Gasteiger partial charge in [0.25, 0.3) is 0 Å². The average Bonchev–Trinajstić information content (AvgIpc) is 2.35. The molecule has 0 aromatic rings. The Balaban J connectivity index is 3.39. The minimum atomic E-state index is 1.03. The summed E-state index contributed by atoms with van der Waals surface area (Å²) in [6.45, 7) is 4.20. The molecule has 17 heavy (non-hydrogen) atoms. The summed E-state index contributed by atoms with van der Waals surface area (Å²) in [5, 5.41) is 0. The Hall–Kier alpha value is -1.30. The third-order valence-corrected chi connectivity index (χ3v) is 2.22. The highest BCUT2D eigenvalue weighted by Crippen LogP contribution is 1.97. The second kappa shape index (κ2) is 14.7. The highest BCUT2D eigenvalue weighted by Gasteiger charge is 1.76. The van der Waals surface area contributed by atoms with Crippen molar-refractivity contribution in [3.63, 3.8) is 0 Å². The van der Waals surface area contributed by atoms with Gasteiger partial charge in [-0.15, -0.1) is 0 Å². The van der Waals surface area contributed by atoms with Gasteiger partial charge >= 0.3 is 0 Å². The molecule has 0 bridgehead atoms. The van der Waals surface area contributed by atoms with E-state index in [2.05, 4.69) is 61.6 Å². The Labute approximate surface area is 107 Å². The molecule has 0 heterocycles. The molecule has 0 aromatic carbocycles. The van der Waals surface area contributed by atoms with Crippen LogP contribution in [-0.2, 0) is 0 Å². The van der Waals surface area contributed by atoms with Crippen LogP contribution in [0.3, 0.4) is 0 Å². The molecule has 0 aromatic heterocycles. The fourth-order valence-corrected chi connectivity index (χ4v) is 1.31. The quantitative estimate of drug-likeness (QED) is 0.268. The Morgan fingerprint density at radius 3 is 1.88 bits per heavy atom. The molecule has 0 saturated carbocycles. The maximum Gasteiger partial charge on any atom is -0.0166 e. The summed E-state index contributed by atoms with van der Waals surface area (Å²) in [6, 6.07) is 0. The van der Waals surface area contributed by atoms with Crippen LogP contribution in [0.1, 0.15) is 46.0 Å². The standard InChI is InChI=1S/C17H26/c1-3-5-7-9-11-13-15-17-16-14-12-10-8-6-4-2/h3,5-9,13-16H,4,10-12,17H2,1-2H3. The van der Waals surface area contributed by atoms with Crippen molar-refractivity contribution in [2.45, 2.75) is 46.0 Å². The van der Waals surface area contributed by atoms with E-state index in [1.165, 1.54) is 6.42 Å². The smallest absolute Gasteiger partial charge is 0.0166 e. The molecule has 0 saturated heterocycles. The molecule has 0 aliphatic carbocycles. The molecule has 0 nitrogen and oxygen atoms in total. The number of rotatable bonds is 9. The molecular formula is C17H26. The Bertz CT molecular complexity index is 274. The van der Waals surface area contributed by atoms with E-state index in [0.29, 0.717) is 0 Å². The predicted molar refractivity (Wildman–Crippen MR) is 80.1 cm³/mol. The largest absolute Gasteiger partial charge is 0.0888 e. The summed E-state index contributed by atoms with van der Waals surface area (Å²) in [4.78, 5) is 0. The Morgan fingerprint density at radius 1 is 0.647 bits per heavy atom. The van der Waals surface area contributed by atoms with Crippen molar-refractivity contribution in [2.24, 2.45) is 0 Å². The summed E-state index contributed by atoms with van der Waals surface area (Å²) in [5.41, 5.74) is 0. The molecule has 0 radical (unpaired) electrons. The van der Waals surface area contributed by atoms with E-state index in [1.54, 1.807) is 0 Å². The monoisotopic (exact) mass is 230 g/mol. The third kappa shape index (κ3) is 14.7. The van der Waals surface area contributed by atoms with E-state index in [-0.39, 0.29) is 0 Å². The SMILES string of the molecule is CC=CC=CCC=CCC=CCCC=CCC. The first-order chi connectivity index (χ1) is 8.41. The van der Waals surface area contributed by atoms with Crippen LogP contribution in [0, 0.1) is 0 Å². The minimum absolute atomic E-state index is 1.03. The van der Waals surface area contributed by atoms with Crippen molar-refractivity contribution in [3.8, 4) is 0 Å². The van der Waals surface area contributed by atoms with E-state index in [0.717, 1.165) is 25.7 Å². The topological polar surface area (TPSA) is 0 Å². The second-order valence-corrected chi connectivity index (χ2v) is 3.83. The first-order valence-corrected chi connectivity index (χ1v) is 6.64. The number of hydrogen-bond donors (Lipinski definition) is 0. The van der Waals surface area contributed by atoms with Crippen LogP contribution >= 0.6 is 0 Å². The molecule has 0 spiro atoms. The molecule has 0 N–H and O–H groups in total. The maximum absolute atomic E-state index is 2.26. The van der Waals surface area contributed by atoms with Crippen molar-refractivity contribution in [1.82, 2.24) is 0 Å². The van der Waals surface area contributed by atoms with Gasteiger partial charge in [0, 0.05) is 0 Å². The van der Waals surface area contributed by atoms with Crippen molar-refractivity contribution in [2.75, 3.05) is 0 Å². The maximum atomic E-state index is 2.26. The van der Waals surface area contributed by atoms with E-state index >= 15 is 0 Å². The zero-order valence-electron chi connectivity index (χ0n) is 11.3. The van der Waals surface area contributed by atoms with Crippen LogP contribution in [0.4, 0.5) is 0 Å². The molecular weight excluding hydrogens is 204 g/mol. The average molecular weight is 230 g/mol. The van der Waals surface area contributed by atoms with Crippen LogP contribution in [-0.4, -0.2) is 0 Å². The lowest BCUT2D eigenvalue weighted by Gasteiger charge is -1.86. The lowest BCUT2D eigenvalue weighted by molar-refractivity contribution is 1.03. The summed E-state index contributed by atoms with van der Waals surface area (Å²) in [5.74, 6) is 0. The highest BCUT2D eigenvalue weighted by molar-refractivity contribution is 5.04. The van der Waals surface area contributed by atoms with E-state index < -0.39 is 0 Å². The van der Waals surface area contributed by atoms with Crippen LogP contribution in [0.15, 0.2) is 60.8 Å². The zero-order chi connectivity index (χ0) is 12.6. The fourth-order valence-electron chi connectivity index (χ4n) is 1.31. The fraction of sp³-hybridized carbons (Fsp3) is 0.412. The zero-order valence-corrected chi connectivity index (χ0v) is 11.3. The van der Waals surface area contributed by atoms with Gasteiger partial charge in [-0.05, 0) is 39.0 Å². The van der Waals surface area contributed by atoms with Gasteiger partial charge in [-0.2, -0.15) is 0 Å². The Kier molecular flexibility index (Phi) is 13.6. The van der Waals surface area contributed by atoms with E-state index in [4.69, 9.17) is 0 Å². The van der Waals surface area contributed by atoms with Gasteiger partial charge in [-0.3, -0.25) is 0 Å². The van der Waals surface area contributed by atoms with Gasteiger partial charge in [-0.1, -0.05) is 67.7 Å². The van der Waals surface area contributed by atoms with Crippen molar-refractivity contribution < 1.29 is 0 Å². The molecule has 0 atom stereocenters. The van der Waals surface area contributed by atoms with Crippen molar-refractivity contribution >= 4 is 0 Å². The molecule has 0 rings (SSSR count). The summed E-state index contributed by atoms with van der Waals surface area (Å²) >= 11 is 0. The number of allylic oxidation sites excluding steroid dienone is 10. The van der Waals surface area contributed by atoms with Gasteiger partial charge in [0.2, 0.25) is 0 Å². The molecule has 0 fully saturated rings. The molecule has 94 valence electrons. The summed E-state index contributed by atoms with van der Waals surface area (Å²) < 4.78 is 0. The number of unbranched alkanes of at least 4 members (excludes halogenated alkanes) is 1. The lowest BCUT2D eigenvalue weighted by Crippen LogP contribution is -1.66. The van der Waals surface area contributed by atoms with Crippen molar-refractivity contribution in [3.05, 3.63) is 60.8 Å². The molecule has 0 heteroatoms. The predicted octanol–water partition coefficient (Wildman–Crippen LogP) is 5.76. The lowest BCUT2D eigenvalue weighted by atomic mass is 10.2. The van der Waals surface area contributed by atoms with E-state index in [9.17, 15) is 0 Å². The molecule has 0 unspecified atom stereocenters. The normalized spacial score (nSPS) is 13.3. The first-order valence-electron chi connectivity index (χ1n) is 6.64. The van der Waals surface area contributed by atoms with Gasteiger partial charge < -0.3 is 0 Å². The van der Waals surface area contributed by atoms with Gasteiger partial charge in [0.1, 0.15) is 0 Å².